The maximum atomic E-state index is 13.8. The van der Waals surface area contributed by atoms with E-state index in [9.17, 15) is 17.6 Å². The van der Waals surface area contributed by atoms with Gasteiger partial charge in [0.2, 0.25) is 5.95 Å². The van der Waals surface area contributed by atoms with Crippen molar-refractivity contribution in [3.63, 3.8) is 0 Å². The average molecular weight is 412 g/mol. The van der Waals surface area contributed by atoms with Gasteiger partial charge in [0, 0.05) is 23.2 Å². The fourth-order valence-corrected chi connectivity index (χ4v) is 3.44. The molecule has 0 saturated carbocycles. The van der Waals surface area contributed by atoms with Gasteiger partial charge < -0.3 is 0 Å². The van der Waals surface area contributed by atoms with Crippen molar-refractivity contribution in [2.24, 2.45) is 0 Å². The molecule has 6 nitrogen and oxygen atoms in total. The van der Waals surface area contributed by atoms with Crippen molar-refractivity contribution >= 4 is 22.1 Å². The molecule has 150 valence electrons. The van der Waals surface area contributed by atoms with Crippen LogP contribution in [0.3, 0.4) is 0 Å². The molecule has 0 bridgehead atoms. The maximum Gasteiger partial charge on any atom is 0.433 e. The molecule has 0 amide bonds. The number of benzene rings is 1. The van der Waals surface area contributed by atoms with Gasteiger partial charge in [0.25, 0.3) is 0 Å². The van der Waals surface area contributed by atoms with Gasteiger partial charge in [-0.3, -0.25) is 9.67 Å². The van der Waals surface area contributed by atoms with Gasteiger partial charge in [-0.1, -0.05) is 0 Å². The minimum absolute atomic E-state index is 0.0132. The van der Waals surface area contributed by atoms with Crippen molar-refractivity contribution in [3.05, 3.63) is 66.0 Å². The van der Waals surface area contributed by atoms with Crippen molar-refractivity contribution < 1.29 is 17.6 Å². The molecule has 10 heteroatoms. The fourth-order valence-electron chi connectivity index (χ4n) is 3.44. The molecule has 0 aliphatic rings. The second-order valence-corrected chi connectivity index (χ2v) is 6.77. The lowest BCUT2D eigenvalue weighted by atomic mass is 10.1. The van der Waals surface area contributed by atoms with Gasteiger partial charge in [-0.25, -0.2) is 15.0 Å². The molecule has 30 heavy (non-hydrogen) atoms. The predicted molar refractivity (Wildman–Crippen MR) is 101 cm³/mol. The number of hydrogen-bond donors (Lipinski definition) is 1. The van der Waals surface area contributed by atoms with E-state index >= 15 is 0 Å². The zero-order chi connectivity index (χ0) is 21.0. The molecular formula is C20H12F4N6. The lowest BCUT2D eigenvalue weighted by Crippen LogP contribution is -2.09. The van der Waals surface area contributed by atoms with Gasteiger partial charge in [-0.05, 0) is 42.8 Å². The van der Waals surface area contributed by atoms with Crippen molar-refractivity contribution in [1.82, 2.24) is 29.7 Å². The summed E-state index contributed by atoms with van der Waals surface area (Å²) in [5, 5.41) is 7.67. The molecule has 0 aliphatic heterocycles. The predicted octanol–water partition coefficient (Wildman–Crippen LogP) is 4.83. The number of halogens is 4. The lowest BCUT2D eigenvalue weighted by molar-refractivity contribution is -0.141. The summed E-state index contributed by atoms with van der Waals surface area (Å²) in [6.45, 7) is 1.85. The molecule has 4 aromatic heterocycles. The Bertz CT molecular complexity index is 1420. The number of hydrogen-bond acceptors (Lipinski definition) is 4. The summed E-state index contributed by atoms with van der Waals surface area (Å²) in [6.07, 6.45) is -1.73. The Morgan fingerprint density at radius 1 is 1.03 bits per heavy atom. The Balaban J connectivity index is 1.87. The second-order valence-electron chi connectivity index (χ2n) is 6.77. The van der Waals surface area contributed by atoms with Gasteiger partial charge in [0.1, 0.15) is 17.0 Å². The number of imidazole rings is 1. The normalized spacial score (nSPS) is 12.2. The topological polar surface area (TPSA) is 72.3 Å². The van der Waals surface area contributed by atoms with E-state index < -0.39 is 17.8 Å². The summed E-state index contributed by atoms with van der Waals surface area (Å²) in [5.41, 5.74) is 1.76. The highest BCUT2D eigenvalue weighted by atomic mass is 19.4. The van der Waals surface area contributed by atoms with E-state index in [4.69, 9.17) is 0 Å². The summed E-state index contributed by atoms with van der Waals surface area (Å²) in [4.78, 5) is 11.8. The zero-order valence-electron chi connectivity index (χ0n) is 15.4. The Labute approximate surface area is 166 Å². The molecule has 0 spiro atoms. The van der Waals surface area contributed by atoms with E-state index in [0.29, 0.717) is 11.3 Å². The third-order valence-electron chi connectivity index (χ3n) is 4.77. The van der Waals surface area contributed by atoms with Crippen molar-refractivity contribution in [2.75, 3.05) is 0 Å². The van der Waals surface area contributed by atoms with Crippen LogP contribution < -0.4 is 0 Å². The number of fused-ring (bicyclic) bond motifs is 2. The monoisotopic (exact) mass is 412 g/mol. The summed E-state index contributed by atoms with van der Waals surface area (Å²) >= 11 is 0. The third-order valence-corrected chi connectivity index (χ3v) is 4.77. The number of pyridine rings is 2. The van der Waals surface area contributed by atoms with Crippen LogP contribution in [-0.4, -0.2) is 29.7 Å². The molecule has 5 rings (SSSR count). The van der Waals surface area contributed by atoms with E-state index in [0.717, 1.165) is 22.5 Å². The molecule has 0 unspecified atom stereocenters. The van der Waals surface area contributed by atoms with Crippen LogP contribution in [-0.2, 0) is 6.18 Å². The van der Waals surface area contributed by atoms with E-state index in [2.05, 4.69) is 25.1 Å². The van der Waals surface area contributed by atoms with Crippen LogP contribution in [0.15, 0.2) is 48.8 Å². The molecule has 5 aromatic rings. The molecule has 0 saturated heterocycles. The van der Waals surface area contributed by atoms with Crippen LogP contribution in [0.5, 0.6) is 0 Å². The van der Waals surface area contributed by atoms with Crippen LogP contribution in [0, 0.1) is 12.9 Å². The first-order valence-electron chi connectivity index (χ1n) is 8.84. The zero-order valence-corrected chi connectivity index (χ0v) is 15.4. The standard InChI is InChI=1S/C20H12F4N6/c1-10-6-13(7-12-9-26-29-17(10)12)30-18(11-4-5-25-16(21)8-11)27-14-2-3-15(20(22,23)24)28-19(14)30/h2-9H,1H3,(H,26,29)/i21+0. The van der Waals surface area contributed by atoms with Crippen LogP contribution in [0.2, 0.25) is 0 Å². The summed E-state index contributed by atoms with van der Waals surface area (Å²) in [6, 6.07) is 8.38. The van der Waals surface area contributed by atoms with Crippen molar-refractivity contribution in [2.45, 2.75) is 13.1 Å². The number of aromatic nitrogens is 6. The third kappa shape index (κ3) is 2.88. The largest absolute Gasteiger partial charge is 0.433 e. The smallest absolute Gasteiger partial charge is 0.278 e. The second kappa shape index (κ2) is 6.34. The molecular weight excluding hydrogens is 400 g/mol. The average Bonchev–Trinajstić information content (AvgIpc) is 3.31. The molecule has 1 aromatic carbocycles. The van der Waals surface area contributed by atoms with Gasteiger partial charge in [-0.2, -0.15) is 22.7 Å². The van der Waals surface area contributed by atoms with Crippen LogP contribution in [0.25, 0.3) is 39.1 Å². The number of rotatable bonds is 2. The van der Waals surface area contributed by atoms with Crippen LogP contribution in [0.1, 0.15) is 11.3 Å². The number of nitrogens with one attached hydrogen (secondary N) is 1. The van der Waals surface area contributed by atoms with Crippen molar-refractivity contribution in [3.8, 4) is 17.1 Å². The SMILES string of the molecule is Cc1cc(-n2c(-c3ccnc([19F])c3)nc3ccc(C(F)(F)F)nc32)cc2cn[nH]c12. The van der Waals surface area contributed by atoms with Crippen molar-refractivity contribution in [1.29, 1.82) is 0 Å². The highest BCUT2D eigenvalue weighted by Gasteiger charge is 2.33. The highest BCUT2D eigenvalue weighted by Crippen LogP contribution is 2.33. The van der Waals surface area contributed by atoms with Crippen LogP contribution in [0.4, 0.5) is 17.6 Å². The summed E-state index contributed by atoms with van der Waals surface area (Å²) < 4.78 is 55.2. The van der Waals surface area contributed by atoms with E-state index in [1.165, 1.54) is 29.0 Å². The molecule has 0 atom stereocenters. The maximum absolute atomic E-state index is 13.8. The summed E-state index contributed by atoms with van der Waals surface area (Å²) in [7, 11) is 0. The van der Waals surface area contributed by atoms with Gasteiger partial charge in [0.05, 0.1) is 17.4 Å². The minimum Gasteiger partial charge on any atom is -0.278 e. The van der Waals surface area contributed by atoms with Gasteiger partial charge in [-0.15, -0.1) is 0 Å². The Morgan fingerprint density at radius 3 is 2.63 bits per heavy atom. The Morgan fingerprint density at radius 2 is 1.87 bits per heavy atom. The molecule has 0 radical (unpaired) electrons. The quantitative estimate of drug-likeness (QED) is 0.333. The van der Waals surface area contributed by atoms with E-state index in [1.807, 2.05) is 6.92 Å². The first kappa shape index (κ1) is 18.2. The Kier molecular flexibility index (Phi) is 3.85. The lowest BCUT2D eigenvalue weighted by Gasteiger charge is -2.11. The molecule has 0 fully saturated rings. The molecule has 0 aliphatic carbocycles. The minimum atomic E-state index is -4.61. The number of nitrogens with zero attached hydrogens (tertiary/aromatic N) is 5. The number of aromatic amines is 1. The van der Waals surface area contributed by atoms with E-state index in [1.54, 1.807) is 18.3 Å². The fraction of sp³-hybridized carbons (Fsp3) is 0.100. The number of aryl methyl sites for hydroxylation is 1. The van der Waals surface area contributed by atoms with Gasteiger partial charge >= 0.3 is 6.18 Å². The highest BCUT2D eigenvalue weighted by molar-refractivity contribution is 5.86. The molecule has 4 heterocycles. The van der Waals surface area contributed by atoms with Crippen LogP contribution >= 0.6 is 0 Å². The van der Waals surface area contributed by atoms with E-state index in [-0.39, 0.29) is 17.0 Å². The number of alkyl halides is 3. The Hall–Kier alpha value is -3.82. The number of H-pyrrole nitrogens is 1. The summed E-state index contributed by atoms with van der Waals surface area (Å²) in [5.74, 6) is -0.475. The first-order chi connectivity index (χ1) is 14.3. The van der Waals surface area contributed by atoms with Gasteiger partial charge in [0.15, 0.2) is 5.65 Å². The molecule has 1 N–H and O–H groups in total. The first-order valence-corrected chi connectivity index (χ1v) is 8.84.